The van der Waals surface area contributed by atoms with Gasteiger partial charge in [0.05, 0.1) is 25.4 Å². The predicted octanol–water partition coefficient (Wildman–Crippen LogP) is 15.6. The fraction of sp³-hybridized carbons (Fsp3) is 0.962. The van der Waals surface area contributed by atoms with E-state index in [0.29, 0.717) is 25.9 Å². The van der Waals surface area contributed by atoms with Gasteiger partial charge in [0.2, 0.25) is 5.91 Å². The van der Waals surface area contributed by atoms with E-state index >= 15 is 0 Å². The molecule has 0 aliphatic heterocycles. The Bertz CT molecular complexity index is 822. The Balaban J connectivity index is 3.40. The number of hydrogen-bond acceptors (Lipinski definition) is 5. The van der Waals surface area contributed by atoms with Crippen molar-refractivity contribution in [1.29, 1.82) is 0 Å². The summed E-state index contributed by atoms with van der Waals surface area (Å²) in [6.07, 6.45) is 53.6. The SMILES string of the molecule is CCCCCCCCCCCCCCCCCCCC(=O)OCCCCCCCCCCCCCCCC(=O)NC(CO)C(O)CCCCCCCCCCCCC. The molecule has 0 bridgehead atoms. The van der Waals surface area contributed by atoms with Crippen molar-refractivity contribution in [2.24, 2.45) is 0 Å². The van der Waals surface area contributed by atoms with E-state index in [9.17, 15) is 19.8 Å². The quantitative estimate of drug-likeness (QED) is 0.0420. The number of esters is 1. The minimum atomic E-state index is -0.669. The number of hydrogen-bond donors (Lipinski definition) is 3. The molecule has 0 aliphatic carbocycles. The van der Waals surface area contributed by atoms with Crippen LogP contribution in [0.3, 0.4) is 0 Å². The number of ether oxygens (including phenoxy) is 1. The lowest BCUT2D eigenvalue weighted by atomic mass is 10.0. The van der Waals surface area contributed by atoms with Crippen LogP contribution in [0.5, 0.6) is 0 Å². The second kappa shape index (κ2) is 48.5. The van der Waals surface area contributed by atoms with E-state index in [1.54, 1.807) is 0 Å². The summed E-state index contributed by atoms with van der Waals surface area (Å²) in [4.78, 5) is 24.5. The lowest BCUT2D eigenvalue weighted by Crippen LogP contribution is -2.45. The largest absolute Gasteiger partial charge is 0.466 e. The Kier molecular flexibility index (Phi) is 47.6. The predicted molar refractivity (Wildman–Crippen MR) is 250 cm³/mol. The number of rotatable bonds is 49. The molecule has 0 rings (SSSR count). The number of amides is 1. The lowest BCUT2D eigenvalue weighted by molar-refractivity contribution is -0.143. The molecule has 2 atom stereocenters. The molecule has 0 spiro atoms. The van der Waals surface area contributed by atoms with Crippen LogP contribution in [-0.2, 0) is 14.3 Å². The van der Waals surface area contributed by atoms with E-state index in [2.05, 4.69) is 19.2 Å². The third-order valence-corrected chi connectivity index (χ3v) is 12.4. The molecule has 0 saturated heterocycles. The van der Waals surface area contributed by atoms with Crippen LogP contribution in [0.2, 0.25) is 0 Å². The summed E-state index contributed by atoms with van der Waals surface area (Å²) in [6.45, 7) is 4.93. The van der Waals surface area contributed by atoms with Crippen LogP contribution in [0.1, 0.15) is 296 Å². The summed E-state index contributed by atoms with van der Waals surface area (Å²) >= 11 is 0. The fourth-order valence-corrected chi connectivity index (χ4v) is 8.35. The molecule has 0 aliphatic rings. The van der Waals surface area contributed by atoms with Crippen LogP contribution in [-0.4, -0.2) is 47.4 Å². The number of aliphatic hydroxyl groups excluding tert-OH is 2. The van der Waals surface area contributed by atoms with Gasteiger partial charge in [0.25, 0.3) is 0 Å². The molecule has 1 amide bonds. The third-order valence-electron chi connectivity index (χ3n) is 12.4. The van der Waals surface area contributed by atoms with E-state index in [1.165, 1.54) is 212 Å². The van der Waals surface area contributed by atoms with Gasteiger partial charge < -0.3 is 20.3 Å². The van der Waals surface area contributed by atoms with Crippen LogP contribution in [0.15, 0.2) is 0 Å². The van der Waals surface area contributed by atoms with Crippen LogP contribution < -0.4 is 5.32 Å². The third kappa shape index (κ3) is 44.4. The first kappa shape index (κ1) is 56.9. The first-order chi connectivity index (χ1) is 28.5. The first-order valence-corrected chi connectivity index (χ1v) is 26.3. The van der Waals surface area contributed by atoms with Gasteiger partial charge in [-0.1, -0.05) is 258 Å². The number of carbonyl (C=O) groups excluding carboxylic acids is 2. The minimum absolute atomic E-state index is 0.00112. The number of unbranched alkanes of at least 4 members (excludes halogenated alkanes) is 38. The van der Waals surface area contributed by atoms with Crippen LogP contribution in [0.25, 0.3) is 0 Å². The summed E-state index contributed by atoms with van der Waals surface area (Å²) in [6, 6.07) is -0.548. The molecule has 346 valence electrons. The van der Waals surface area contributed by atoms with E-state index in [-0.39, 0.29) is 18.5 Å². The zero-order chi connectivity index (χ0) is 42.3. The van der Waals surface area contributed by atoms with Crippen molar-refractivity contribution in [1.82, 2.24) is 5.32 Å². The molecule has 0 aromatic rings. The van der Waals surface area contributed by atoms with Gasteiger partial charge in [-0.25, -0.2) is 0 Å². The highest BCUT2D eigenvalue weighted by atomic mass is 16.5. The molecule has 0 saturated carbocycles. The summed E-state index contributed by atoms with van der Waals surface area (Å²) < 4.78 is 5.47. The Morgan fingerprint density at radius 2 is 0.707 bits per heavy atom. The molecule has 3 N–H and O–H groups in total. The molecule has 0 fully saturated rings. The molecule has 2 unspecified atom stereocenters. The minimum Gasteiger partial charge on any atom is -0.466 e. The van der Waals surface area contributed by atoms with Gasteiger partial charge in [-0.05, 0) is 25.7 Å². The average molecular weight is 822 g/mol. The van der Waals surface area contributed by atoms with Crippen molar-refractivity contribution in [3.63, 3.8) is 0 Å². The van der Waals surface area contributed by atoms with Gasteiger partial charge in [0, 0.05) is 12.8 Å². The molecular formula is C52H103NO5. The van der Waals surface area contributed by atoms with Crippen LogP contribution in [0.4, 0.5) is 0 Å². The Morgan fingerprint density at radius 3 is 1.05 bits per heavy atom. The number of carbonyl (C=O) groups is 2. The van der Waals surface area contributed by atoms with Gasteiger partial charge in [0.1, 0.15) is 0 Å². The number of aliphatic hydroxyl groups is 2. The lowest BCUT2D eigenvalue weighted by Gasteiger charge is -2.22. The highest BCUT2D eigenvalue weighted by Crippen LogP contribution is 2.17. The van der Waals surface area contributed by atoms with Crippen molar-refractivity contribution in [3.05, 3.63) is 0 Å². The fourth-order valence-electron chi connectivity index (χ4n) is 8.35. The summed E-state index contributed by atoms with van der Waals surface area (Å²) in [5.74, 6) is -0.0484. The van der Waals surface area contributed by atoms with Gasteiger partial charge in [0.15, 0.2) is 0 Å². The normalized spacial score (nSPS) is 12.6. The molecule has 0 radical (unpaired) electrons. The molecule has 0 aromatic heterocycles. The second-order valence-corrected chi connectivity index (χ2v) is 18.2. The Morgan fingerprint density at radius 1 is 0.414 bits per heavy atom. The van der Waals surface area contributed by atoms with Gasteiger partial charge in [-0.3, -0.25) is 9.59 Å². The van der Waals surface area contributed by atoms with Gasteiger partial charge >= 0.3 is 5.97 Å². The highest BCUT2D eigenvalue weighted by Gasteiger charge is 2.20. The molecule has 58 heavy (non-hydrogen) atoms. The van der Waals surface area contributed by atoms with E-state index in [1.807, 2.05) is 0 Å². The smallest absolute Gasteiger partial charge is 0.305 e. The topological polar surface area (TPSA) is 95.9 Å². The van der Waals surface area contributed by atoms with E-state index < -0.39 is 12.1 Å². The standard InChI is InChI=1S/C52H103NO5/c1-3-5-7-9-11-13-15-16-17-18-19-22-26-30-34-38-42-46-52(57)58-47-43-39-35-31-27-23-20-21-25-29-33-37-41-45-51(56)53-49(48-54)50(55)44-40-36-32-28-24-14-12-10-8-6-4-2/h49-50,54-55H,3-48H2,1-2H3,(H,53,56). The number of nitrogens with one attached hydrogen (secondary N) is 1. The first-order valence-electron chi connectivity index (χ1n) is 26.3. The molecule has 0 aromatic carbocycles. The van der Waals surface area contributed by atoms with E-state index in [0.717, 1.165) is 51.4 Å². The van der Waals surface area contributed by atoms with Crippen LogP contribution >= 0.6 is 0 Å². The zero-order valence-electron chi connectivity index (χ0n) is 39.3. The molecule has 6 nitrogen and oxygen atoms in total. The molecule has 0 heterocycles. The maximum atomic E-state index is 12.4. The zero-order valence-corrected chi connectivity index (χ0v) is 39.3. The van der Waals surface area contributed by atoms with Crippen molar-refractivity contribution < 1.29 is 24.5 Å². The monoisotopic (exact) mass is 822 g/mol. The van der Waals surface area contributed by atoms with Crippen LogP contribution in [0, 0.1) is 0 Å². The van der Waals surface area contributed by atoms with Gasteiger partial charge in [-0.15, -0.1) is 0 Å². The van der Waals surface area contributed by atoms with Crippen molar-refractivity contribution >= 4 is 11.9 Å². The molecular weight excluding hydrogens is 719 g/mol. The maximum absolute atomic E-state index is 12.4. The van der Waals surface area contributed by atoms with Crippen molar-refractivity contribution in [3.8, 4) is 0 Å². The summed E-state index contributed by atoms with van der Waals surface area (Å²) in [5, 5.41) is 23.1. The van der Waals surface area contributed by atoms with Crippen molar-refractivity contribution in [2.45, 2.75) is 309 Å². The average Bonchev–Trinajstić information content (AvgIpc) is 3.22. The second-order valence-electron chi connectivity index (χ2n) is 18.2. The van der Waals surface area contributed by atoms with Crippen molar-refractivity contribution in [2.75, 3.05) is 13.2 Å². The highest BCUT2D eigenvalue weighted by molar-refractivity contribution is 5.76. The van der Waals surface area contributed by atoms with E-state index in [4.69, 9.17) is 4.74 Å². The Labute approximate surface area is 362 Å². The maximum Gasteiger partial charge on any atom is 0.305 e. The molecule has 6 heteroatoms. The Hall–Kier alpha value is -1.14. The summed E-state index contributed by atoms with van der Waals surface area (Å²) in [5.41, 5.74) is 0. The van der Waals surface area contributed by atoms with Gasteiger partial charge in [-0.2, -0.15) is 0 Å². The summed E-state index contributed by atoms with van der Waals surface area (Å²) in [7, 11) is 0.